The number of hydrogen-bond acceptors (Lipinski definition) is 5. The SMILES string of the molecule is CC(C)N1C[C@]23C=C[C@H](O2)[C@H](C(=O)NCCc2ncnn2C)[C@@H]3C1=O. The number of likely N-dealkylation sites (tertiary alicyclic amines) is 1. The van der Waals surface area contributed by atoms with Crippen molar-refractivity contribution >= 4 is 11.8 Å². The zero-order valence-corrected chi connectivity index (χ0v) is 14.7. The van der Waals surface area contributed by atoms with Crippen molar-refractivity contribution in [3.8, 4) is 0 Å². The fraction of sp³-hybridized carbons (Fsp3) is 0.647. The van der Waals surface area contributed by atoms with Crippen LogP contribution in [0.25, 0.3) is 0 Å². The fourth-order valence-electron chi connectivity index (χ4n) is 4.23. The molecular weight excluding hydrogens is 322 g/mol. The van der Waals surface area contributed by atoms with Crippen LogP contribution in [0, 0.1) is 11.8 Å². The smallest absolute Gasteiger partial charge is 0.230 e. The third-order valence-electron chi connectivity index (χ3n) is 5.51. The maximum Gasteiger partial charge on any atom is 0.230 e. The number of aromatic nitrogens is 3. The molecule has 3 aliphatic rings. The lowest BCUT2D eigenvalue weighted by Gasteiger charge is -2.24. The molecule has 4 rings (SSSR count). The van der Waals surface area contributed by atoms with Gasteiger partial charge < -0.3 is 15.0 Å². The molecule has 2 saturated heterocycles. The highest BCUT2D eigenvalue weighted by Crippen LogP contribution is 2.52. The maximum atomic E-state index is 12.8. The molecular formula is C17H23N5O3. The lowest BCUT2D eigenvalue weighted by atomic mass is 9.77. The Hall–Kier alpha value is -2.22. The second-order valence-electron chi connectivity index (χ2n) is 7.30. The van der Waals surface area contributed by atoms with Crippen LogP contribution in [0.2, 0.25) is 0 Å². The third-order valence-corrected chi connectivity index (χ3v) is 5.51. The predicted molar refractivity (Wildman–Crippen MR) is 88.3 cm³/mol. The molecule has 0 saturated carbocycles. The number of carbonyl (C=O) groups is 2. The summed E-state index contributed by atoms with van der Waals surface area (Å²) in [6.07, 6.45) is 5.69. The molecule has 0 aromatic carbocycles. The van der Waals surface area contributed by atoms with Crippen molar-refractivity contribution in [3.63, 3.8) is 0 Å². The zero-order chi connectivity index (χ0) is 17.8. The molecule has 2 bridgehead atoms. The summed E-state index contributed by atoms with van der Waals surface area (Å²) in [5, 5.41) is 6.96. The summed E-state index contributed by atoms with van der Waals surface area (Å²) < 4.78 is 7.76. The Labute approximate surface area is 146 Å². The molecule has 1 N–H and O–H groups in total. The Morgan fingerprint density at radius 1 is 1.52 bits per heavy atom. The van der Waals surface area contributed by atoms with Crippen LogP contribution >= 0.6 is 0 Å². The standard InChI is InChI=1S/C17H23N5O3/c1-10(2)22-8-17-6-4-11(25-17)13(14(17)16(22)24)15(23)18-7-5-12-19-9-20-21(12)3/h4,6,9-11,13-14H,5,7-8H2,1-3H3,(H,18,23)/t11-,13-,14+,17-/m0/s1. The Bertz CT molecular complexity index is 742. The van der Waals surface area contributed by atoms with Crippen molar-refractivity contribution < 1.29 is 14.3 Å². The number of nitrogens with one attached hydrogen (secondary N) is 1. The highest BCUT2D eigenvalue weighted by molar-refractivity contribution is 5.93. The number of fused-ring (bicyclic) bond motifs is 1. The minimum Gasteiger partial charge on any atom is -0.360 e. The van der Waals surface area contributed by atoms with Crippen molar-refractivity contribution in [3.05, 3.63) is 24.3 Å². The summed E-state index contributed by atoms with van der Waals surface area (Å²) in [6.45, 7) is 4.97. The van der Waals surface area contributed by atoms with Gasteiger partial charge in [0, 0.05) is 26.1 Å². The Morgan fingerprint density at radius 3 is 3.00 bits per heavy atom. The monoisotopic (exact) mass is 345 g/mol. The summed E-state index contributed by atoms with van der Waals surface area (Å²) in [4.78, 5) is 31.6. The van der Waals surface area contributed by atoms with E-state index in [4.69, 9.17) is 4.74 Å². The lowest BCUT2D eigenvalue weighted by Crippen LogP contribution is -2.45. The molecule has 8 nitrogen and oxygen atoms in total. The van der Waals surface area contributed by atoms with Crippen molar-refractivity contribution in [2.75, 3.05) is 13.1 Å². The van der Waals surface area contributed by atoms with Gasteiger partial charge in [0.2, 0.25) is 11.8 Å². The van der Waals surface area contributed by atoms with Gasteiger partial charge in [-0.05, 0) is 13.8 Å². The van der Waals surface area contributed by atoms with Gasteiger partial charge in [-0.1, -0.05) is 12.2 Å². The van der Waals surface area contributed by atoms with Gasteiger partial charge in [0.05, 0.1) is 24.5 Å². The van der Waals surface area contributed by atoms with Gasteiger partial charge in [0.25, 0.3) is 0 Å². The lowest BCUT2D eigenvalue weighted by molar-refractivity contribution is -0.138. The highest BCUT2D eigenvalue weighted by atomic mass is 16.5. The van der Waals surface area contributed by atoms with E-state index in [-0.39, 0.29) is 24.0 Å². The molecule has 134 valence electrons. The van der Waals surface area contributed by atoms with Crippen LogP contribution in [0.5, 0.6) is 0 Å². The first-order chi connectivity index (χ1) is 11.9. The largest absolute Gasteiger partial charge is 0.360 e. The minimum absolute atomic E-state index is 0.0234. The molecule has 25 heavy (non-hydrogen) atoms. The highest BCUT2D eigenvalue weighted by Gasteiger charge is 2.66. The van der Waals surface area contributed by atoms with Gasteiger partial charge >= 0.3 is 0 Å². The molecule has 4 atom stereocenters. The number of carbonyl (C=O) groups excluding carboxylic acids is 2. The Kier molecular flexibility index (Phi) is 3.68. The number of rotatable bonds is 5. The van der Waals surface area contributed by atoms with E-state index in [9.17, 15) is 9.59 Å². The third kappa shape index (κ3) is 2.38. The van der Waals surface area contributed by atoms with Crippen molar-refractivity contribution in [1.29, 1.82) is 0 Å². The van der Waals surface area contributed by atoms with Crippen LogP contribution in [-0.4, -0.2) is 62.3 Å². The summed E-state index contributed by atoms with van der Waals surface area (Å²) in [5.41, 5.74) is -0.627. The van der Waals surface area contributed by atoms with E-state index in [1.165, 1.54) is 6.33 Å². The molecule has 2 amide bonds. The van der Waals surface area contributed by atoms with Crippen LogP contribution in [0.15, 0.2) is 18.5 Å². The first-order valence-corrected chi connectivity index (χ1v) is 8.71. The van der Waals surface area contributed by atoms with E-state index in [1.54, 1.807) is 4.68 Å². The van der Waals surface area contributed by atoms with Crippen LogP contribution in [0.4, 0.5) is 0 Å². The van der Waals surface area contributed by atoms with Crippen LogP contribution in [0.3, 0.4) is 0 Å². The molecule has 0 unspecified atom stereocenters. The molecule has 0 aliphatic carbocycles. The topological polar surface area (TPSA) is 89.3 Å². The first-order valence-electron chi connectivity index (χ1n) is 8.71. The van der Waals surface area contributed by atoms with E-state index in [1.807, 2.05) is 37.9 Å². The maximum absolute atomic E-state index is 12.8. The summed E-state index contributed by atoms with van der Waals surface area (Å²) >= 11 is 0. The summed E-state index contributed by atoms with van der Waals surface area (Å²) in [7, 11) is 1.82. The van der Waals surface area contributed by atoms with Gasteiger partial charge in [-0.3, -0.25) is 14.3 Å². The Balaban J connectivity index is 1.45. The molecule has 3 aliphatic heterocycles. The molecule has 8 heteroatoms. The minimum atomic E-state index is -0.627. The number of ether oxygens (including phenoxy) is 1. The number of nitrogens with zero attached hydrogens (tertiary/aromatic N) is 4. The average Bonchev–Trinajstić information content (AvgIpc) is 3.29. The van der Waals surface area contributed by atoms with E-state index in [0.29, 0.717) is 19.5 Å². The van der Waals surface area contributed by atoms with Gasteiger partial charge in [-0.15, -0.1) is 0 Å². The average molecular weight is 345 g/mol. The van der Waals surface area contributed by atoms with E-state index in [0.717, 1.165) is 5.82 Å². The van der Waals surface area contributed by atoms with Gasteiger partial charge in [0.1, 0.15) is 17.8 Å². The quantitative estimate of drug-likeness (QED) is 0.738. The van der Waals surface area contributed by atoms with Crippen LogP contribution < -0.4 is 5.32 Å². The summed E-state index contributed by atoms with van der Waals surface area (Å²) in [5.74, 6) is -0.165. The predicted octanol–water partition coefficient (Wildman–Crippen LogP) is -0.336. The van der Waals surface area contributed by atoms with Gasteiger partial charge in [-0.2, -0.15) is 5.10 Å². The van der Waals surface area contributed by atoms with Crippen molar-refractivity contribution in [1.82, 2.24) is 25.0 Å². The number of aryl methyl sites for hydroxylation is 1. The molecule has 2 fully saturated rings. The molecule has 1 aromatic rings. The molecule has 1 aromatic heterocycles. The fourth-order valence-corrected chi connectivity index (χ4v) is 4.23. The number of amides is 2. The molecule has 4 heterocycles. The molecule has 0 radical (unpaired) electrons. The summed E-state index contributed by atoms with van der Waals surface area (Å²) in [6, 6.07) is 0.100. The van der Waals surface area contributed by atoms with Crippen molar-refractivity contribution in [2.24, 2.45) is 18.9 Å². The van der Waals surface area contributed by atoms with Crippen LogP contribution in [-0.2, 0) is 27.8 Å². The van der Waals surface area contributed by atoms with Crippen molar-refractivity contribution in [2.45, 2.75) is 38.0 Å². The van der Waals surface area contributed by atoms with E-state index >= 15 is 0 Å². The molecule has 1 spiro atoms. The normalized spacial score (nSPS) is 32.7. The second kappa shape index (κ2) is 5.66. The number of hydrogen-bond donors (Lipinski definition) is 1. The van der Waals surface area contributed by atoms with Crippen LogP contribution in [0.1, 0.15) is 19.7 Å². The van der Waals surface area contributed by atoms with E-state index < -0.39 is 17.4 Å². The van der Waals surface area contributed by atoms with Gasteiger partial charge in [-0.25, -0.2) is 4.98 Å². The first kappa shape index (κ1) is 16.3. The van der Waals surface area contributed by atoms with Gasteiger partial charge in [0.15, 0.2) is 0 Å². The zero-order valence-electron chi connectivity index (χ0n) is 14.7. The van der Waals surface area contributed by atoms with E-state index in [2.05, 4.69) is 15.4 Å². The second-order valence-corrected chi connectivity index (χ2v) is 7.30. The Morgan fingerprint density at radius 2 is 2.32 bits per heavy atom.